The maximum atomic E-state index is 13.6. The maximum absolute atomic E-state index is 13.6. The Morgan fingerprint density at radius 1 is 1.33 bits per heavy atom. The zero-order valence-electron chi connectivity index (χ0n) is 12.6. The molecule has 0 heterocycles. The second kappa shape index (κ2) is 8.61. The van der Waals surface area contributed by atoms with E-state index in [9.17, 15) is 9.18 Å². The molecule has 0 spiro atoms. The summed E-state index contributed by atoms with van der Waals surface area (Å²) in [7, 11) is 0. The molecule has 128 valence electrons. The van der Waals surface area contributed by atoms with Crippen LogP contribution in [0.1, 0.15) is 17.3 Å². The standard InChI is InChI=1S/C16H15ClFIN2O3/c1-9(8-22)24-21-16(23)12-4-2-10(18)6-15(12)20-14-5-3-11(19)7-13(14)17/h2-7,9,20,22H,8H2,1H3,(H,21,23). The lowest BCUT2D eigenvalue weighted by molar-refractivity contribution is -0.0303. The van der Waals surface area contributed by atoms with Crippen LogP contribution >= 0.6 is 34.2 Å². The van der Waals surface area contributed by atoms with Gasteiger partial charge in [-0.25, -0.2) is 9.87 Å². The van der Waals surface area contributed by atoms with E-state index in [1.165, 1.54) is 18.2 Å². The number of benzene rings is 2. The fourth-order valence-corrected chi connectivity index (χ4v) is 2.70. The van der Waals surface area contributed by atoms with E-state index in [2.05, 4.69) is 33.4 Å². The summed E-state index contributed by atoms with van der Waals surface area (Å²) in [5.41, 5.74) is 3.19. The summed E-state index contributed by atoms with van der Waals surface area (Å²) < 4.78 is 14.5. The molecule has 1 atom stereocenters. The van der Waals surface area contributed by atoms with Crippen molar-refractivity contribution in [3.63, 3.8) is 0 Å². The Morgan fingerprint density at radius 3 is 2.75 bits per heavy atom. The van der Waals surface area contributed by atoms with Crippen LogP contribution in [0.25, 0.3) is 0 Å². The number of hydrogen-bond acceptors (Lipinski definition) is 4. The Labute approximate surface area is 157 Å². The average molecular weight is 465 g/mol. The number of aliphatic hydroxyl groups excluding tert-OH is 1. The Bertz CT molecular complexity index is 745. The second-order valence-corrected chi connectivity index (χ2v) is 6.63. The molecule has 0 aliphatic carbocycles. The van der Waals surface area contributed by atoms with E-state index in [1.807, 2.05) is 6.07 Å². The number of amides is 1. The fourth-order valence-electron chi connectivity index (χ4n) is 1.80. The molecule has 5 nitrogen and oxygen atoms in total. The number of rotatable bonds is 6. The van der Waals surface area contributed by atoms with Crippen LogP contribution < -0.4 is 10.8 Å². The van der Waals surface area contributed by atoms with Crippen LogP contribution in [-0.2, 0) is 4.84 Å². The average Bonchev–Trinajstić information content (AvgIpc) is 2.55. The predicted octanol–water partition coefficient (Wildman–Crippen LogP) is 3.87. The summed E-state index contributed by atoms with van der Waals surface area (Å²) in [6.07, 6.45) is -0.559. The van der Waals surface area contributed by atoms with Crippen molar-refractivity contribution in [1.29, 1.82) is 0 Å². The number of aliphatic hydroxyl groups is 1. The number of halogens is 3. The molecule has 2 aromatic rings. The molecule has 2 rings (SSSR count). The summed E-state index contributed by atoms with van der Waals surface area (Å²) >= 11 is 8.28. The molecule has 0 aliphatic rings. The van der Waals surface area contributed by atoms with Crippen molar-refractivity contribution in [3.05, 3.63) is 56.4 Å². The summed E-state index contributed by atoms with van der Waals surface area (Å²) in [6, 6.07) is 9.01. The molecule has 0 fully saturated rings. The first-order valence-electron chi connectivity index (χ1n) is 6.99. The van der Waals surface area contributed by atoms with Crippen LogP contribution in [0.2, 0.25) is 5.02 Å². The summed E-state index contributed by atoms with van der Waals surface area (Å²) in [5, 5.41) is 12.3. The predicted molar refractivity (Wildman–Crippen MR) is 99.0 cm³/mol. The van der Waals surface area contributed by atoms with Gasteiger partial charge in [0.25, 0.3) is 5.91 Å². The van der Waals surface area contributed by atoms with Gasteiger partial charge in [-0.1, -0.05) is 11.6 Å². The first-order valence-corrected chi connectivity index (χ1v) is 8.45. The van der Waals surface area contributed by atoms with E-state index in [0.29, 0.717) is 10.7 Å². The van der Waals surface area contributed by atoms with E-state index in [4.69, 9.17) is 21.5 Å². The minimum atomic E-state index is -0.570. The van der Waals surface area contributed by atoms with Crippen molar-refractivity contribution in [1.82, 2.24) is 5.48 Å². The lowest BCUT2D eigenvalue weighted by atomic mass is 10.1. The lowest BCUT2D eigenvalue weighted by Gasteiger charge is -2.15. The van der Waals surface area contributed by atoms with Crippen molar-refractivity contribution in [3.8, 4) is 0 Å². The monoisotopic (exact) mass is 464 g/mol. The highest BCUT2D eigenvalue weighted by molar-refractivity contribution is 14.1. The van der Waals surface area contributed by atoms with Crippen LogP contribution in [0.5, 0.6) is 0 Å². The van der Waals surface area contributed by atoms with Crippen LogP contribution in [0, 0.1) is 9.39 Å². The number of hydrogen-bond donors (Lipinski definition) is 3. The van der Waals surface area contributed by atoms with E-state index < -0.39 is 17.8 Å². The molecule has 2 aromatic carbocycles. The van der Waals surface area contributed by atoms with Crippen molar-refractivity contribution in [2.24, 2.45) is 0 Å². The molecule has 0 aliphatic heterocycles. The largest absolute Gasteiger partial charge is 0.394 e. The lowest BCUT2D eigenvalue weighted by Crippen LogP contribution is -2.30. The molecular formula is C16H15ClFIN2O3. The molecule has 0 saturated carbocycles. The molecule has 0 saturated heterocycles. The van der Waals surface area contributed by atoms with E-state index in [-0.39, 0.29) is 17.9 Å². The van der Waals surface area contributed by atoms with Crippen LogP contribution in [-0.4, -0.2) is 23.7 Å². The number of hydroxylamine groups is 1. The van der Waals surface area contributed by atoms with E-state index in [0.717, 1.165) is 3.57 Å². The first-order chi connectivity index (χ1) is 11.4. The van der Waals surface area contributed by atoms with Gasteiger partial charge in [0.15, 0.2) is 0 Å². The summed E-state index contributed by atoms with van der Waals surface area (Å²) in [5.74, 6) is -1.07. The molecule has 24 heavy (non-hydrogen) atoms. The molecular weight excluding hydrogens is 450 g/mol. The highest BCUT2D eigenvalue weighted by Gasteiger charge is 2.15. The minimum absolute atomic E-state index is 0.177. The van der Waals surface area contributed by atoms with E-state index >= 15 is 0 Å². The van der Waals surface area contributed by atoms with Crippen molar-refractivity contribution in [2.45, 2.75) is 13.0 Å². The summed E-state index contributed by atoms with van der Waals surface area (Å²) in [6.45, 7) is 1.35. The zero-order chi connectivity index (χ0) is 17.7. The second-order valence-electron chi connectivity index (χ2n) is 4.98. The maximum Gasteiger partial charge on any atom is 0.276 e. The van der Waals surface area contributed by atoms with E-state index in [1.54, 1.807) is 19.1 Å². The van der Waals surface area contributed by atoms with Crippen molar-refractivity contribution >= 4 is 51.5 Å². The highest BCUT2D eigenvalue weighted by Crippen LogP contribution is 2.29. The van der Waals surface area contributed by atoms with Gasteiger partial charge < -0.3 is 10.4 Å². The Hall–Kier alpha value is -1.42. The molecule has 8 heteroatoms. The fraction of sp³-hybridized carbons (Fsp3) is 0.188. The van der Waals surface area contributed by atoms with Gasteiger partial charge in [0.2, 0.25) is 0 Å². The van der Waals surface area contributed by atoms with Crippen LogP contribution in [0.3, 0.4) is 0 Å². The minimum Gasteiger partial charge on any atom is -0.394 e. The van der Waals surface area contributed by atoms with Crippen LogP contribution in [0.4, 0.5) is 15.8 Å². The number of carbonyl (C=O) groups is 1. The summed E-state index contributed by atoms with van der Waals surface area (Å²) in [4.78, 5) is 17.2. The SMILES string of the molecule is CC(CO)ONC(=O)c1ccc(F)cc1Nc1ccc(I)cc1Cl. The smallest absolute Gasteiger partial charge is 0.276 e. The first kappa shape index (κ1) is 18.9. The van der Waals surface area contributed by atoms with Gasteiger partial charge >= 0.3 is 0 Å². The zero-order valence-corrected chi connectivity index (χ0v) is 15.6. The highest BCUT2D eigenvalue weighted by atomic mass is 127. The van der Waals surface area contributed by atoms with Gasteiger partial charge in [0.05, 0.1) is 28.6 Å². The Morgan fingerprint density at radius 2 is 2.08 bits per heavy atom. The number of anilines is 2. The van der Waals surface area contributed by atoms with Gasteiger partial charge in [-0.2, -0.15) is 0 Å². The molecule has 3 N–H and O–H groups in total. The Kier molecular flexibility index (Phi) is 6.79. The van der Waals surface area contributed by atoms with Gasteiger partial charge in [-0.05, 0) is 65.9 Å². The van der Waals surface area contributed by atoms with Gasteiger partial charge in [-0.15, -0.1) is 0 Å². The van der Waals surface area contributed by atoms with Crippen molar-refractivity contribution < 1.29 is 19.1 Å². The van der Waals surface area contributed by atoms with Gasteiger partial charge in [-0.3, -0.25) is 9.63 Å². The molecule has 0 aromatic heterocycles. The quantitative estimate of drug-likeness (QED) is 0.448. The third-order valence-corrected chi connectivity index (χ3v) is 4.02. The Balaban J connectivity index is 2.25. The molecule has 1 unspecified atom stereocenters. The third-order valence-electron chi connectivity index (χ3n) is 3.04. The van der Waals surface area contributed by atoms with Crippen LogP contribution in [0.15, 0.2) is 36.4 Å². The van der Waals surface area contributed by atoms with Gasteiger partial charge in [0, 0.05) is 3.57 Å². The normalized spacial score (nSPS) is 11.9. The molecule has 0 radical (unpaired) electrons. The number of nitrogens with one attached hydrogen (secondary N) is 2. The third kappa shape index (κ3) is 5.04. The number of carbonyl (C=O) groups excluding carboxylic acids is 1. The van der Waals surface area contributed by atoms with Crippen molar-refractivity contribution in [2.75, 3.05) is 11.9 Å². The molecule has 0 bridgehead atoms. The topological polar surface area (TPSA) is 70.6 Å². The van der Waals surface area contributed by atoms with Gasteiger partial charge in [0.1, 0.15) is 11.9 Å². The molecule has 1 amide bonds.